The van der Waals surface area contributed by atoms with E-state index in [1.807, 2.05) is 24.3 Å². The van der Waals surface area contributed by atoms with E-state index >= 15 is 0 Å². The number of hydrogen-bond acceptors (Lipinski definition) is 1. The third-order valence-electron chi connectivity index (χ3n) is 1.90. The standard InChI is InChI=1S/C14H18O/c1-5-6-12-7-9-13(10-8-12)15-11-14(2,3)4/h1,7-10H,6,11H2,2-4H3. The number of hydrogen-bond donors (Lipinski definition) is 0. The van der Waals surface area contributed by atoms with Crippen molar-refractivity contribution in [1.82, 2.24) is 0 Å². The Morgan fingerprint density at radius 3 is 2.27 bits per heavy atom. The SMILES string of the molecule is C#CCc1ccc(OCC(C)(C)C)cc1. The van der Waals surface area contributed by atoms with Gasteiger partial charge in [-0.3, -0.25) is 0 Å². The van der Waals surface area contributed by atoms with Crippen LogP contribution in [0.5, 0.6) is 5.75 Å². The number of ether oxygens (including phenoxy) is 1. The minimum atomic E-state index is 0.192. The van der Waals surface area contributed by atoms with Crippen molar-refractivity contribution in [2.45, 2.75) is 27.2 Å². The van der Waals surface area contributed by atoms with Crippen LogP contribution in [0.1, 0.15) is 26.3 Å². The number of benzene rings is 1. The molecular formula is C14H18O. The molecule has 80 valence electrons. The maximum Gasteiger partial charge on any atom is 0.119 e. The monoisotopic (exact) mass is 202 g/mol. The van der Waals surface area contributed by atoms with Gasteiger partial charge in [-0.2, -0.15) is 0 Å². The highest BCUT2D eigenvalue weighted by Crippen LogP contribution is 2.18. The van der Waals surface area contributed by atoms with Crippen molar-refractivity contribution in [1.29, 1.82) is 0 Å². The maximum atomic E-state index is 5.65. The van der Waals surface area contributed by atoms with E-state index in [4.69, 9.17) is 11.2 Å². The third kappa shape index (κ3) is 4.56. The van der Waals surface area contributed by atoms with Crippen LogP contribution in [0, 0.1) is 17.8 Å². The van der Waals surface area contributed by atoms with Gasteiger partial charge in [0.1, 0.15) is 5.75 Å². The van der Waals surface area contributed by atoms with E-state index in [9.17, 15) is 0 Å². The second-order valence-corrected chi connectivity index (χ2v) is 4.87. The first-order valence-corrected chi connectivity index (χ1v) is 5.16. The molecule has 1 rings (SSSR count). The van der Waals surface area contributed by atoms with Crippen molar-refractivity contribution in [2.75, 3.05) is 6.61 Å². The number of terminal acetylenes is 1. The summed E-state index contributed by atoms with van der Waals surface area (Å²) in [6.45, 7) is 7.18. The predicted molar refractivity (Wildman–Crippen MR) is 63.9 cm³/mol. The summed E-state index contributed by atoms with van der Waals surface area (Å²) >= 11 is 0. The van der Waals surface area contributed by atoms with Crippen LogP contribution in [-0.2, 0) is 6.42 Å². The molecule has 0 amide bonds. The van der Waals surface area contributed by atoms with Crippen molar-refractivity contribution in [3.63, 3.8) is 0 Å². The van der Waals surface area contributed by atoms with Crippen LogP contribution in [0.3, 0.4) is 0 Å². The second-order valence-electron chi connectivity index (χ2n) is 4.87. The summed E-state index contributed by atoms with van der Waals surface area (Å²) in [6.07, 6.45) is 5.91. The van der Waals surface area contributed by atoms with Crippen LogP contribution in [0.4, 0.5) is 0 Å². The summed E-state index contributed by atoms with van der Waals surface area (Å²) in [5.74, 6) is 3.53. The highest BCUT2D eigenvalue weighted by molar-refractivity contribution is 5.29. The molecule has 0 fully saturated rings. The summed E-state index contributed by atoms with van der Waals surface area (Å²) in [4.78, 5) is 0. The minimum absolute atomic E-state index is 0.192. The molecule has 1 aromatic carbocycles. The molecule has 0 aliphatic heterocycles. The first-order valence-electron chi connectivity index (χ1n) is 5.16. The van der Waals surface area contributed by atoms with E-state index in [-0.39, 0.29) is 5.41 Å². The molecule has 0 bridgehead atoms. The molecule has 0 saturated carbocycles. The average Bonchev–Trinajstić information content (AvgIpc) is 2.16. The van der Waals surface area contributed by atoms with Crippen molar-refractivity contribution >= 4 is 0 Å². The highest BCUT2D eigenvalue weighted by Gasteiger charge is 2.10. The van der Waals surface area contributed by atoms with E-state index in [0.717, 1.165) is 17.9 Å². The van der Waals surface area contributed by atoms with Gasteiger partial charge in [-0.05, 0) is 23.1 Å². The van der Waals surface area contributed by atoms with Crippen LogP contribution in [0.2, 0.25) is 0 Å². The van der Waals surface area contributed by atoms with Gasteiger partial charge in [0.2, 0.25) is 0 Å². The molecule has 0 aromatic heterocycles. The highest BCUT2D eigenvalue weighted by atomic mass is 16.5. The van der Waals surface area contributed by atoms with Crippen molar-refractivity contribution in [3.05, 3.63) is 29.8 Å². The van der Waals surface area contributed by atoms with Gasteiger partial charge in [-0.25, -0.2) is 0 Å². The molecule has 1 heteroatoms. The summed E-state index contributed by atoms with van der Waals surface area (Å²) < 4.78 is 5.65. The fraction of sp³-hybridized carbons (Fsp3) is 0.429. The van der Waals surface area contributed by atoms with Crippen LogP contribution in [-0.4, -0.2) is 6.61 Å². The molecule has 0 saturated heterocycles. The van der Waals surface area contributed by atoms with Crippen LogP contribution < -0.4 is 4.74 Å². The molecule has 1 aromatic rings. The Kier molecular flexibility index (Phi) is 3.80. The predicted octanol–water partition coefficient (Wildman–Crippen LogP) is 3.29. The van der Waals surface area contributed by atoms with Crippen LogP contribution in [0.25, 0.3) is 0 Å². The van der Waals surface area contributed by atoms with Gasteiger partial charge >= 0.3 is 0 Å². The van der Waals surface area contributed by atoms with Crippen molar-refractivity contribution in [3.8, 4) is 18.1 Å². The first kappa shape index (κ1) is 11.7. The molecule has 15 heavy (non-hydrogen) atoms. The molecule has 0 unspecified atom stereocenters. The molecule has 0 aliphatic carbocycles. The summed E-state index contributed by atoms with van der Waals surface area (Å²) in [7, 11) is 0. The Morgan fingerprint density at radius 2 is 1.80 bits per heavy atom. The van der Waals surface area contributed by atoms with Gasteiger partial charge in [-0.15, -0.1) is 12.3 Å². The molecule has 0 N–H and O–H groups in total. The number of rotatable bonds is 3. The second kappa shape index (κ2) is 4.89. The smallest absolute Gasteiger partial charge is 0.119 e. The molecule has 1 nitrogen and oxygen atoms in total. The lowest BCUT2D eigenvalue weighted by atomic mass is 9.99. The molecule has 0 radical (unpaired) electrons. The summed E-state index contributed by atoms with van der Waals surface area (Å²) in [5.41, 5.74) is 1.35. The topological polar surface area (TPSA) is 9.23 Å². The lowest BCUT2D eigenvalue weighted by Crippen LogP contribution is -2.16. The lowest BCUT2D eigenvalue weighted by molar-refractivity contribution is 0.198. The Hall–Kier alpha value is -1.42. The molecular weight excluding hydrogens is 184 g/mol. The van der Waals surface area contributed by atoms with E-state index in [0.29, 0.717) is 6.42 Å². The van der Waals surface area contributed by atoms with E-state index in [1.165, 1.54) is 0 Å². The summed E-state index contributed by atoms with van der Waals surface area (Å²) in [5, 5.41) is 0. The largest absolute Gasteiger partial charge is 0.493 e. The fourth-order valence-electron chi connectivity index (χ4n) is 1.12. The Labute approximate surface area is 92.5 Å². The van der Waals surface area contributed by atoms with Gasteiger partial charge in [0.15, 0.2) is 0 Å². The Bertz CT molecular complexity index is 335. The van der Waals surface area contributed by atoms with E-state index in [1.54, 1.807) is 0 Å². The zero-order chi connectivity index (χ0) is 11.3. The van der Waals surface area contributed by atoms with Gasteiger partial charge < -0.3 is 4.74 Å². The quantitative estimate of drug-likeness (QED) is 0.683. The first-order chi connectivity index (χ1) is 7.01. The average molecular weight is 202 g/mol. The Balaban J connectivity index is 2.54. The normalized spacial score (nSPS) is 10.8. The van der Waals surface area contributed by atoms with Crippen LogP contribution in [0.15, 0.2) is 24.3 Å². The molecule has 0 heterocycles. The van der Waals surface area contributed by atoms with Crippen molar-refractivity contribution in [2.24, 2.45) is 5.41 Å². The van der Waals surface area contributed by atoms with Gasteiger partial charge in [0.25, 0.3) is 0 Å². The van der Waals surface area contributed by atoms with E-state index < -0.39 is 0 Å². The van der Waals surface area contributed by atoms with Gasteiger partial charge in [0, 0.05) is 6.42 Å². The molecule has 0 spiro atoms. The minimum Gasteiger partial charge on any atom is -0.493 e. The van der Waals surface area contributed by atoms with Gasteiger partial charge in [0.05, 0.1) is 6.61 Å². The lowest BCUT2D eigenvalue weighted by Gasteiger charge is -2.18. The zero-order valence-electron chi connectivity index (χ0n) is 9.71. The third-order valence-corrected chi connectivity index (χ3v) is 1.90. The van der Waals surface area contributed by atoms with E-state index in [2.05, 4.69) is 26.7 Å². The summed E-state index contributed by atoms with van der Waals surface area (Å²) in [6, 6.07) is 7.96. The fourth-order valence-corrected chi connectivity index (χ4v) is 1.12. The van der Waals surface area contributed by atoms with Gasteiger partial charge in [-0.1, -0.05) is 32.9 Å². The van der Waals surface area contributed by atoms with Crippen molar-refractivity contribution < 1.29 is 4.74 Å². The Morgan fingerprint density at radius 1 is 1.20 bits per heavy atom. The maximum absolute atomic E-state index is 5.65. The molecule has 0 atom stereocenters. The van der Waals surface area contributed by atoms with Crippen LogP contribution >= 0.6 is 0 Å². The molecule has 0 aliphatic rings. The zero-order valence-corrected chi connectivity index (χ0v) is 9.71.